The topological polar surface area (TPSA) is 96.6 Å². The molecule has 124 valence electrons. The Labute approximate surface area is 147 Å². The third-order valence-electron chi connectivity index (χ3n) is 2.87. The van der Waals surface area contributed by atoms with Crippen molar-refractivity contribution in [1.29, 1.82) is 0 Å². The number of amides is 1. The second kappa shape index (κ2) is 8.28. The molecule has 0 atom stereocenters. The monoisotopic (exact) mass is 366 g/mol. The molecule has 0 radical (unpaired) electrons. The molecule has 0 aliphatic rings. The standard InChI is InChI=1S/C15H12Cl2N4O3/c16-11-2-4-12(5-3-11)18-9-15(22)20-19-8-10-1-6-13(17)14(7-10)21(23)24/h1-8,18H,9H2,(H,20,22)/b19-8-. The summed E-state index contributed by atoms with van der Waals surface area (Å²) in [5, 5.41) is 18.1. The van der Waals surface area contributed by atoms with Crippen molar-refractivity contribution < 1.29 is 9.72 Å². The van der Waals surface area contributed by atoms with Gasteiger partial charge in [0.25, 0.3) is 11.6 Å². The molecule has 7 nitrogen and oxygen atoms in total. The van der Waals surface area contributed by atoms with Gasteiger partial charge in [-0.05, 0) is 30.3 Å². The van der Waals surface area contributed by atoms with Crippen molar-refractivity contribution >= 4 is 46.7 Å². The van der Waals surface area contributed by atoms with Crippen LogP contribution in [-0.2, 0) is 4.79 Å². The van der Waals surface area contributed by atoms with Crippen LogP contribution < -0.4 is 10.7 Å². The number of nitro benzene ring substituents is 1. The first-order valence-corrected chi connectivity index (χ1v) is 7.46. The number of hydrogen-bond donors (Lipinski definition) is 2. The van der Waals surface area contributed by atoms with Gasteiger partial charge >= 0.3 is 0 Å². The number of hydrogen-bond acceptors (Lipinski definition) is 5. The first-order chi connectivity index (χ1) is 11.5. The molecule has 24 heavy (non-hydrogen) atoms. The van der Waals surface area contributed by atoms with Crippen molar-refractivity contribution in [3.8, 4) is 0 Å². The van der Waals surface area contributed by atoms with E-state index in [0.717, 1.165) is 5.69 Å². The lowest BCUT2D eigenvalue weighted by Crippen LogP contribution is -2.25. The van der Waals surface area contributed by atoms with Gasteiger partial charge < -0.3 is 5.32 Å². The van der Waals surface area contributed by atoms with Crippen LogP contribution in [-0.4, -0.2) is 23.6 Å². The molecular formula is C15H12Cl2N4O3. The van der Waals surface area contributed by atoms with Crippen molar-refractivity contribution in [1.82, 2.24) is 5.43 Å². The number of anilines is 1. The van der Waals surface area contributed by atoms with Crippen LogP contribution in [0.4, 0.5) is 11.4 Å². The molecule has 2 aromatic rings. The lowest BCUT2D eigenvalue weighted by atomic mass is 10.2. The van der Waals surface area contributed by atoms with E-state index in [1.165, 1.54) is 18.3 Å². The lowest BCUT2D eigenvalue weighted by Gasteiger charge is -2.05. The highest BCUT2D eigenvalue weighted by molar-refractivity contribution is 6.32. The number of nitrogens with zero attached hydrogens (tertiary/aromatic N) is 2. The minimum absolute atomic E-state index is 0.0136. The van der Waals surface area contributed by atoms with Gasteiger partial charge in [0.15, 0.2) is 0 Å². The van der Waals surface area contributed by atoms with Crippen LogP contribution in [0.1, 0.15) is 5.56 Å². The van der Waals surface area contributed by atoms with Crippen molar-refractivity contribution in [3.63, 3.8) is 0 Å². The molecule has 2 rings (SSSR count). The van der Waals surface area contributed by atoms with Gasteiger partial charge in [0, 0.05) is 22.3 Å². The normalized spacial score (nSPS) is 10.6. The van der Waals surface area contributed by atoms with Gasteiger partial charge in [-0.15, -0.1) is 0 Å². The molecule has 0 saturated carbocycles. The third-order valence-corrected chi connectivity index (χ3v) is 3.44. The predicted molar refractivity (Wildman–Crippen MR) is 93.8 cm³/mol. The van der Waals surface area contributed by atoms with Crippen LogP contribution in [0.5, 0.6) is 0 Å². The van der Waals surface area contributed by atoms with E-state index in [-0.39, 0.29) is 23.2 Å². The summed E-state index contributed by atoms with van der Waals surface area (Å²) in [6.45, 7) is 0.0136. The Morgan fingerprint density at radius 2 is 1.92 bits per heavy atom. The number of carbonyl (C=O) groups is 1. The average Bonchev–Trinajstić information content (AvgIpc) is 2.55. The van der Waals surface area contributed by atoms with E-state index in [9.17, 15) is 14.9 Å². The smallest absolute Gasteiger partial charge is 0.288 e. The Morgan fingerprint density at radius 3 is 2.58 bits per heavy atom. The number of nitro groups is 1. The highest BCUT2D eigenvalue weighted by Gasteiger charge is 2.11. The van der Waals surface area contributed by atoms with Crippen LogP contribution in [0.3, 0.4) is 0 Å². The van der Waals surface area contributed by atoms with Gasteiger partial charge in [-0.3, -0.25) is 14.9 Å². The number of rotatable bonds is 6. The van der Waals surface area contributed by atoms with Gasteiger partial charge in [-0.1, -0.05) is 29.3 Å². The number of carbonyl (C=O) groups excluding carboxylic acids is 1. The van der Waals surface area contributed by atoms with Gasteiger partial charge in [0.1, 0.15) is 5.02 Å². The lowest BCUT2D eigenvalue weighted by molar-refractivity contribution is -0.384. The Hall–Kier alpha value is -2.64. The molecule has 0 spiro atoms. The average molecular weight is 367 g/mol. The predicted octanol–water partition coefficient (Wildman–Crippen LogP) is 3.46. The second-order valence-electron chi connectivity index (χ2n) is 4.62. The quantitative estimate of drug-likeness (QED) is 0.464. The maximum Gasteiger partial charge on any atom is 0.288 e. The molecule has 0 bridgehead atoms. The van der Waals surface area contributed by atoms with E-state index in [1.54, 1.807) is 30.3 Å². The van der Waals surface area contributed by atoms with Crippen molar-refractivity contribution in [2.45, 2.75) is 0 Å². The molecular weight excluding hydrogens is 355 g/mol. The maximum absolute atomic E-state index is 11.7. The zero-order valence-corrected chi connectivity index (χ0v) is 13.7. The van der Waals surface area contributed by atoms with E-state index >= 15 is 0 Å². The molecule has 0 saturated heterocycles. The van der Waals surface area contributed by atoms with E-state index in [1.807, 2.05) is 0 Å². The van der Waals surface area contributed by atoms with Gasteiger partial charge in [0.05, 0.1) is 17.7 Å². The number of halogens is 2. The van der Waals surface area contributed by atoms with E-state index in [4.69, 9.17) is 23.2 Å². The molecule has 2 N–H and O–H groups in total. The summed E-state index contributed by atoms with van der Waals surface area (Å²) < 4.78 is 0. The molecule has 2 aromatic carbocycles. The van der Waals surface area contributed by atoms with E-state index < -0.39 is 4.92 Å². The highest BCUT2D eigenvalue weighted by atomic mass is 35.5. The molecule has 0 aliphatic heterocycles. The zero-order valence-electron chi connectivity index (χ0n) is 12.2. The van der Waals surface area contributed by atoms with Gasteiger partial charge in [0.2, 0.25) is 0 Å². The number of hydrazone groups is 1. The summed E-state index contributed by atoms with van der Waals surface area (Å²) in [5.41, 5.74) is 3.27. The summed E-state index contributed by atoms with van der Waals surface area (Å²) in [7, 11) is 0. The molecule has 0 aromatic heterocycles. The molecule has 9 heteroatoms. The Balaban J connectivity index is 1.87. The molecule has 0 aliphatic carbocycles. The third kappa shape index (κ3) is 5.22. The summed E-state index contributed by atoms with van der Waals surface area (Å²) in [6.07, 6.45) is 1.30. The van der Waals surface area contributed by atoms with Crippen LogP contribution in [0.2, 0.25) is 10.0 Å². The van der Waals surface area contributed by atoms with E-state index in [0.29, 0.717) is 10.6 Å². The van der Waals surface area contributed by atoms with Crippen molar-refractivity contribution in [3.05, 3.63) is 68.2 Å². The van der Waals surface area contributed by atoms with Crippen LogP contribution in [0.15, 0.2) is 47.6 Å². The molecule has 0 unspecified atom stereocenters. The fourth-order valence-corrected chi connectivity index (χ4v) is 2.03. The first-order valence-electron chi connectivity index (χ1n) is 6.71. The fourth-order valence-electron chi connectivity index (χ4n) is 1.72. The summed E-state index contributed by atoms with van der Waals surface area (Å²) in [4.78, 5) is 21.9. The molecule has 0 heterocycles. The van der Waals surface area contributed by atoms with E-state index in [2.05, 4.69) is 15.8 Å². The van der Waals surface area contributed by atoms with Crippen molar-refractivity contribution in [2.75, 3.05) is 11.9 Å². The Bertz CT molecular complexity index is 779. The van der Waals surface area contributed by atoms with Gasteiger partial charge in [-0.25, -0.2) is 5.43 Å². The number of nitrogens with one attached hydrogen (secondary N) is 2. The Kier molecular flexibility index (Phi) is 6.11. The van der Waals surface area contributed by atoms with Crippen LogP contribution >= 0.6 is 23.2 Å². The number of benzene rings is 2. The van der Waals surface area contributed by atoms with Crippen molar-refractivity contribution in [2.24, 2.45) is 5.10 Å². The van der Waals surface area contributed by atoms with Gasteiger partial charge in [-0.2, -0.15) is 5.10 Å². The SMILES string of the molecule is O=C(CNc1ccc(Cl)cc1)N/N=C\c1ccc(Cl)c([N+](=O)[O-])c1. The maximum atomic E-state index is 11.7. The minimum atomic E-state index is -0.589. The summed E-state index contributed by atoms with van der Waals surface area (Å²) >= 11 is 11.5. The fraction of sp³-hybridized carbons (Fsp3) is 0.0667. The molecule has 0 fully saturated rings. The summed E-state index contributed by atoms with van der Waals surface area (Å²) in [5.74, 6) is -0.371. The zero-order chi connectivity index (χ0) is 17.5. The van der Waals surface area contributed by atoms with Crippen LogP contribution in [0, 0.1) is 10.1 Å². The second-order valence-corrected chi connectivity index (χ2v) is 5.47. The largest absolute Gasteiger partial charge is 0.376 e. The summed E-state index contributed by atoms with van der Waals surface area (Å²) in [6, 6.07) is 11.1. The highest BCUT2D eigenvalue weighted by Crippen LogP contribution is 2.24. The first kappa shape index (κ1) is 17.7. The van der Waals surface area contributed by atoms with Crippen LogP contribution in [0.25, 0.3) is 0 Å². The minimum Gasteiger partial charge on any atom is -0.376 e. The molecule has 1 amide bonds. The Morgan fingerprint density at radius 1 is 1.21 bits per heavy atom.